The number of rotatable bonds is 2. The molecule has 102 valence electrons. The molecule has 0 radical (unpaired) electrons. The maximum atomic E-state index is 11.7. The van der Waals surface area contributed by atoms with Crippen molar-refractivity contribution in [2.24, 2.45) is 0 Å². The molecule has 0 saturated heterocycles. The molecule has 1 aliphatic rings. The van der Waals surface area contributed by atoms with Crippen molar-refractivity contribution in [3.05, 3.63) is 53.6 Å². The molecule has 1 unspecified atom stereocenters. The number of ether oxygens (including phenoxy) is 1. The van der Waals surface area contributed by atoms with Gasteiger partial charge in [-0.05, 0) is 35.4 Å². The Balaban J connectivity index is 2.27. The Morgan fingerprint density at radius 1 is 1.15 bits per heavy atom. The number of nitrogens with zero attached hydrogens (tertiary/aromatic N) is 1. The standard InChI is InChI=1S/C16H15NO3/c1-17-13-6-4-3-5-11(13)15(16(18)19)12-9-10(20-2)7-8-14(12)17/h3-9,15H,1-2H3,(H,18,19). The first-order valence-electron chi connectivity index (χ1n) is 6.37. The smallest absolute Gasteiger partial charge is 0.315 e. The first-order chi connectivity index (χ1) is 9.63. The van der Waals surface area contributed by atoms with E-state index in [0.717, 1.165) is 22.5 Å². The van der Waals surface area contributed by atoms with E-state index in [1.54, 1.807) is 13.2 Å². The summed E-state index contributed by atoms with van der Waals surface area (Å²) in [6.07, 6.45) is 0. The van der Waals surface area contributed by atoms with E-state index in [0.29, 0.717) is 5.75 Å². The Morgan fingerprint density at radius 3 is 2.55 bits per heavy atom. The minimum absolute atomic E-state index is 0.660. The molecule has 0 bridgehead atoms. The van der Waals surface area contributed by atoms with Gasteiger partial charge in [0.05, 0.1) is 7.11 Å². The van der Waals surface area contributed by atoms with Crippen LogP contribution in [0.3, 0.4) is 0 Å². The molecule has 0 fully saturated rings. The van der Waals surface area contributed by atoms with Crippen LogP contribution in [0, 0.1) is 0 Å². The van der Waals surface area contributed by atoms with Crippen LogP contribution in [-0.2, 0) is 4.79 Å². The molecule has 4 heteroatoms. The third-order valence-corrected chi connectivity index (χ3v) is 3.76. The topological polar surface area (TPSA) is 49.8 Å². The van der Waals surface area contributed by atoms with Crippen LogP contribution in [0.5, 0.6) is 5.75 Å². The lowest BCUT2D eigenvalue weighted by molar-refractivity contribution is -0.137. The van der Waals surface area contributed by atoms with Gasteiger partial charge in [0.2, 0.25) is 0 Å². The predicted octanol–water partition coefficient (Wildman–Crippen LogP) is 2.99. The monoisotopic (exact) mass is 269 g/mol. The number of carboxylic acid groups (broad SMARTS) is 1. The molecule has 1 N–H and O–H groups in total. The van der Waals surface area contributed by atoms with Gasteiger partial charge in [0.15, 0.2) is 0 Å². The van der Waals surface area contributed by atoms with Gasteiger partial charge in [-0.1, -0.05) is 18.2 Å². The fourth-order valence-corrected chi connectivity index (χ4v) is 2.80. The van der Waals surface area contributed by atoms with Crippen LogP contribution in [0.2, 0.25) is 0 Å². The second kappa shape index (κ2) is 4.56. The molecule has 0 amide bonds. The maximum Gasteiger partial charge on any atom is 0.315 e. The van der Waals surface area contributed by atoms with Crippen molar-refractivity contribution in [2.75, 3.05) is 19.1 Å². The summed E-state index contributed by atoms with van der Waals surface area (Å²) in [5.41, 5.74) is 3.40. The summed E-state index contributed by atoms with van der Waals surface area (Å²) in [7, 11) is 3.53. The summed E-state index contributed by atoms with van der Waals surface area (Å²) < 4.78 is 5.22. The zero-order valence-corrected chi connectivity index (χ0v) is 11.3. The number of carboxylic acids is 1. The summed E-state index contributed by atoms with van der Waals surface area (Å²) in [6.45, 7) is 0. The number of anilines is 2. The third-order valence-electron chi connectivity index (χ3n) is 3.76. The van der Waals surface area contributed by atoms with Gasteiger partial charge >= 0.3 is 5.97 Å². The predicted molar refractivity (Wildman–Crippen MR) is 77.0 cm³/mol. The molecule has 0 aliphatic carbocycles. The van der Waals surface area contributed by atoms with Crippen molar-refractivity contribution < 1.29 is 14.6 Å². The van der Waals surface area contributed by atoms with E-state index in [-0.39, 0.29) is 0 Å². The van der Waals surface area contributed by atoms with Crippen LogP contribution in [0.1, 0.15) is 17.0 Å². The van der Waals surface area contributed by atoms with Gasteiger partial charge in [-0.2, -0.15) is 0 Å². The minimum atomic E-state index is -0.847. The quantitative estimate of drug-likeness (QED) is 0.910. The van der Waals surface area contributed by atoms with Crippen LogP contribution in [-0.4, -0.2) is 25.2 Å². The van der Waals surface area contributed by atoms with Crippen molar-refractivity contribution in [1.82, 2.24) is 0 Å². The van der Waals surface area contributed by atoms with Gasteiger partial charge in [-0.3, -0.25) is 4.79 Å². The van der Waals surface area contributed by atoms with E-state index < -0.39 is 11.9 Å². The Bertz CT molecular complexity index is 681. The molecular weight excluding hydrogens is 254 g/mol. The third kappa shape index (κ3) is 1.72. The minimum Gasteiger partial charge on any atom is -0.497 e. The van der Waals surface area contributed by atoms with Crippen LogP contribution >= 0.6 is 0 Å². The molecule has 2 aromatic rings. The van der Waals surface area contributed by atoms with Crippen molar-refractivity contribution in [2.45, 2.75) is 5.92 Å². The number of para-hydroxylation sites is 1. The highest BCUT2D eigenvalue weighted by atomic mass is 16.5. The number of benzene rings is 2. The average Bonchev–Trinajstić information content (AvgIpc) is 2.46. The Hall–Kier alpha value is -2.49. The van der Waals surface area contributed by atoms with Gasteiger partial charge in [-0.15, -0.1) is 0 Å². The van der Waals surface area contributed by atoms with Crippen LogP contribution in [0.15, 0.2) is 42.5 Å². The number of hydrogen-bond donors (Lipinski definition) is 1. The fourth-order valence-electron chi connectivity index (χ4n) is 2.80. The van der Waals surface area contributed by atoms with Gasteiger partial charge in [0.25, 0.3) is 0 Å². The maximum absolute atomic E-state index is 11.7. The molecule has 0 aromatic heterocycles. The first kappa shape index (κ1) is 12.5. The number of fused-ring (bicyclic) bond motifs is 2. The summed E-state index contributed by atoms with van der Waals surface area (Å²) in [6, 6.07) is 13.2. The summed E-state index contributed by atoms with van der Waals surface area (Å²) in [5, 5.41) is 9.62. The Kier molecular flexibility index (Phi) is 2.86. The second-order valence-corrected chi connectivity index (χ2v) is 4.81. The molecule has 1 aliphatic heterocycles. The van der Waals surface area contributed by atoms with E-state index in [4.69, 9.17) is 4.74 Å². The summed E-state index contributed by atoms with van der Waals surface area (Å²) in [4.78, 5) is 13.7. The second-order valence-electron chi connectivity index (χ2n) is 4.81. The molecule has 0 spiro atoms. The molecule has 1 heterocycles. The van der Waals surface area contributed by atoms with Crippen LogP contribution in [0.25, 0.3) is 0 Å². The van der Waals surface area contributed by atoms with Crippen molar-refractivity contribution >= 4 is 17.3 Å². The molecular formula is C16H15NO3. The highest BCUT2D eigenvalue weighted by molar-refractivity contribution is 5.90. The van der Waals surface area contributed by atoms with Crippen molar-refractivity contribution in [3.63, 3.8) is 0 Å². The fraction of sp³-hybridized carbons (Fsp3) is 0.188. The van der Waals surface area contributed by atoms with E-state index >= 15 is 0 Å². The highest BCUT2D eigenvalue weighted by Gasteiger charge is 2.33. The van der Waals surface area contributed by atoms with Gasteiger partial charge in [-0.25, -0.2) is 0 Å². The lowest BCUT2D eigenvalue weighted by Crippen LogP contribution is -2.25. The number of carbonyl (C=O) groups is 1. The highest BCUT2D eigenvalue weighted by Crippen LogP contribution is 2.45. The van der Waals surface area contributed by atoms with E-state index in [1.165, 1.54) is 0 Å². The van der Waals surface area contributed by atoms with E-state index in [9.17, 15) is 9.90 Å². The van der Waals surface area contributed by atoms with Gasteiger partial charge < -0.3 is 14.7 Å². The van der Waals surface area contributed by atoms with Gasteiger partial charge in [0, 0.05) is 18.4 Å². The van der Waals surface area contributed by atoms with Crippen LogP contribution in [0.4, 0.5) is 11.4 Å². The molecule has 1 atom stereocenters. The summed E-state index contributed by atoms with van der Waals surface area (Å²) >= 11 is 0. The van der Waals surface area contributed by atoms with Crippen molar-refractivity contribution in [3.8, 4) is 5.75 Å². The number of methoxy groups -OCH3 is 1. The lowest BCUT2D eigenvalue weighted by Gasteiger charge is -2.33. The largest absolute Gasteiger partial charge is 0.497 e. The molecule has 3 rings (SSSR count). The first-order valence-corrected chi connectivity index (χ1v) is 6.37. The van der Waals surface area contributed by atoms with Gasteiger partial charge in [0.1, 0.15) is 11.7 Å². The van der Waals surface area contributed by atoms with Crippen molar-refractivity contribution in [1.29, 1.82) is 0 Å². The lowest BCUT2D eigenvalue weighted by atomic mass is 9.85. The number of hydrogen-bond acceptors (Lipinski definition) is 3. The number of aliphatic carboxylic acids is 1. The Labute approximate surface area is 117 Å². The normalized spacial score (nSPS) is 16.3. The molecule has 0 saturated carbocycles. The molecule has 20 heavy (non-hydrogen) atoms. The molecule has 2 aromatic carbocycles. The zero-order valence-electron chi connectivity index (χ0n) is 11.3. The Morgan fingerprint density at radius 2 is 1.85 bits per heavy atom. The SMILES string of the molecule is COc1ccc2c(c1)C(C(=O)O)c1ccccc1N2C. The van der Waals surface area contributed by atoms with Crippen LogP contribution < -0.4 is 9.64 Å². The average molecular weight is 269 g/mol. The summed E-state index contributed by atoms with van der Waals surface area (Å²) in [5.74, 6) is -0.838. The van der Waals surface area contributed by atoms with E-state index in [1.807, 2.05) is 48.3 Å². The molecule has 4 nitrogen and oxygen atoms in total. The van der Waals surface area contributed by atoms with E-state index in [2.05, 4.69) is 0 Å². The zero-order chi connectivity index (χ0) is 14.3.